The lowest BCUT2D eigenvalue weighted by Crippen LogP contribution is -2.48. The van der Waals surface area contributed by atoms with Crippen molar-refractivity contribution in [1.29, 1.82) is 0 Å². The highest BCUT2D eigenvalue weighted by molar-refractivity contribution is 5.81. The van der Waals surface area contributed by atoms with Gasteiger partial charge in [0.1, 0.15) is 5.75 Å². The van der Waals surface area contributed by atoms with Gasteiger partial charge in [-0.25, -0.2) is 0 Å². The summed E-state index contributed by atoms with van der Waals surface area (Å²) in [7, 11) is 0. The Bertz CT molecular complexity index is 453. The Morgan fingerprint density at radius 2 is 1.91 bits per heavy atom. The monoisotopic (exact) mass is 304 g/mol. The van der Waals surface area contributed by atoms with Gasteiger partial charge in [-0.2, -0.15) is 0 Å². The third-order valence-electron chi connectivity index (χ3n) is 4.42. The summed E-state index contributed by atoms with van der Waals surface area (Å²) in [5, 5.41) is 15.8. The average Bonchev–Trinajstić information content (AvgIpc) is 2.54. The van der Waals surface area contributed by atoms with Crippen LogP contribution in [0.4, 0.5) is 0 Å². The number of carbonyl (C=O) groups is 1. The van der Waals surface area contributed by atoms with Crippen LogP contribution in [0.25, 0.3) is 0 Å². The fourth-order valence-electron chi connectivity index (χ4n) is 3.02. The van der Waals surface area contributed by atoms with Crippen LogP contribution in [-0.2, 0) is 11.2 Å². The predicted octanol–water partition coefficient (Wildman–Crippen LogP) is 2.75. The molecule has 2 rings (SSSR count). The second-order valence-corrected chi connectivity index (χ2v) is 6.17. The first-order valence-corrected chi connectivity index (χ1v) is 8.50. The van der Waals surface area contributed by atoms with Gasteiger partial charge >= 0.3 is 0 Å². The molecule has 1 saturated carbocycles. The lowest BCUT2D eigenvalue weighted by Gasteiger charge is -2.25. The molecule has 4 nitrogen and oxygen atoms in total. The smallest absolute Gasteiger partial charge is 0.237 e. The van der Waals surface area contributed by atoms with Crippen molar-refractivity contribution in [2.75, 3.05) is 6.54 Å². The van der Waals surface area contributed by atoms with Crippen LogP contribution in [0.1, 0.15) is 51.0 Å². The molecule has 1 fully saturated rings. The van der Waals surface area contributed by atoms with Gasteiger partial charge in [-0.05, 0) is 49.9 Å². The molecule has 0 spiro atoms. The summed E-state index contributed by atoms with van der Waals surface area (Å²) < 4.78 is 0. The number of amides is 1. The second-order valence-electron chi connectivity index (χ2n) is 6.17. The number of nitrogens with one attached hydrogen (secondary N) is 2. The molecule has 122 valence electrons. The summed E-state index contributed by atoms with van der Waals surface area (Å²) in [6.07, 6.45) is 7.66. The molecular weight excluding hydrogens is 276 g/mol. The maximum atomic E-state index is 12.3. The van der Waals surface area contributed by atoms with Crippen LogP contribution in [0, 0.1) is 0 Å². The molecular formula is C18H28N2O2. The van der Waals surface area contributed by atoms with Gasteiger partial charge in [-0.1, -0.05) is 38.3 Å². The second kappa shape index (κ2) is 8.79. The molecule has 1 aliphatic carbocycles. The molecule has 0 radical (unpaired) electrons. The van der Waals surface area contributed by atoms with Crippen LogP contribution in [0.15, 0.2) is 24.3 Å². The minimum absolute atomic E-state index is 0.112. The Hall–Kier alpha value is -1.55. The van der Waals surface area contributed by atoms with Gasteiger partial charge in [0.05, 0.1) is 6.04 Å². The zero-order valence-electron chi connectivity index (χ0n) is 13.5. The molecule has 1 aromatic rings. The standard InChI is InChI=1S/C18H28N2O2/c1-2-17(18(22)20-15-6-4-3-5-7-15)19-13-12-14-8-10-16(21)11-9-14/h8-11,15,17,19,21H,2-7,12-13H2,1H3,(H,20,22)/t17-/m0/s1. The van der Waals surface area contributed by atoms with Gasteiger partial charge in [-0.15, -0.1) is 0 Å². The zero-order valence-corrected chi connectivity index (χ0v) is 13.5. The number of rotatable bonds is 7. The number of hydrogen-bond donors (Lipinski definition) is 3. The van der Waals surface area contributed by atoms with E-state index in [0.717, 1.165) is 37.8 Å². The lowest BCUT2D eigenvalue weighted by molar-refractivity contribution is -0.124. The molecule has 0 heterocycles. The molecule has 1 amide bonds. The lowest BCUT2D eigenvalue weighted by atomic mass is 9.95. The first-order chi connectivity index (χ1) is 10.7. The van der Waals surface area contributed by atoms with Crippen LogP contribution >= 0.6 is 0 Å². The van der Waals surface area contributed by atoms with Crippen molar-refractivity contribution in [3.05, 3.63) is 29.8 Å². The fraction of sp³-hybridized carbons (Fsp3) is 0.611. The maximum absolute atomic E-state index is 12.3. The number of benzene rings is 1. The van der Waals surface area contributed by atoms with E-state index in [1.54, 1.807) is 12.1 Å². The Labute approximate surface area is 133 Å². The van der Waals surface area contributed by atoms with E-state index >= 15 is 0 Å². The normalized spacial score (nSPS) is 17.1. The molecule has 0 aliphatic heterocycles. The van der Waals surface area contributed by atoms with Crippen LogP contribution in [-0.4, -0.2) is 29.6 Å². The summed E-state index contributed by atoms with van der Waals surface area (Å²) in [6, 6.07) is 7.48. The van der Waals surface area contributed by atoms with E-state index in [-0.39, 0.29) is 17.7 Å². The van der Waals surface area contributed by atoms with E-state index in [1.165, 1.54) is 19.3 Å². The van der Waals surface area contributed by atoms with E-state index < -0.39 is 0 Å². The predicted molar refractivity (Wildman–Crippen MR) is 88.9 cm³/mol. The number of phenols is 1. The number of phenolic OH excluding ortho intramolecular Hbond substituents is 1. The van der Waals surface area contributed by atoms with E-state index in [4.69, 9.17) is 0 Å². The molecule has 1 aromatic carbocycles. The van der Waals surface area contributed by atoms with Crippen LogP contribution < -0.4 is 10.6 Å². The molecule has 22 heavy (non-hydrogen) atoms. The van der Waals surface area contributed by atoms with Gasteiger partial charge in [0, 0.05) is 6.04 Å². The van der Waals surface area contributed by atoms with Crippen LogP contribution in [0.2, 0.25) is 0 Å². The minimum Gasteiger partial charge on any atom is -0.508 e. The van der Waals surface area contributed by atoms with Crippen molar-refractivity contribution < 1.29 is 9.90 Å². The Balaban J connectivity index is 1.73. The largest absolute Gasteiger partial charge is 0.508 e. The van der Waals surface area contributed by atoms with Crippen molar-refractivity contribution >= 4 is 5.91 Å². The summed E-state index contributed by atoms with van der Waals surface area (Å²) >= 11 is 0. The third kappa shape index (κ3) is 5.34. The molecule has 1 aliphatic rings. The topological polar surface area (TPSA) is 61.4 Å². The molecule has 4 heteroatoms. The van der Waals surface area contributed by atoms with Gasteiger partial charge in [0.15, 0.2) is 0 Å². The zero-order chi connectivity index (χ0) is 15.8. The van der Waals surface area contributed by atoms with Crippen LogP contribution in [0.3, 0.4) is 0 Å². The van der Waals surface area contributed by atoms with E-state index in [2.05, 4.69) is 10.6 Å². The molecule has 0 saturated heterocycles. The SMILES string of the molecule is CC[C@H](NCCc1ccc(O)cc1)C(=O)NC1CCCCC1. The Kier molecular flexibility index (Phi) is 6.72. The van der Waals surface area contributed by atoms with Crippen molar-refractivity contribution in [2.45, 2.75) is 64.0 Å². The quantitative estimate of drug-likeness (QED) is 0.726. The number of aromatic hydroxyl groups is 1. The highest BCUT2D eigenvalue weighted by Gasteiger charge is 2.20. The highest BCUT2D eigenvalue weighted by atomic mass is 16.3. The Morgan fingerprint density at radius 1 is 1.23 bits per heavy atom. The molecule has 0 bridgehead atoms. The highest BCUT2D eigenvalue weighted by Crippen LogP contribution is 2.17. The fourth-order valence-corrected chi connectivity index (χ4v) is 3.02. The molecule has 0 unspecified atom stereocenters. The van der Waals surface area contributed by atoms with Crippen molar-refractivity contribution in [1.82, 2.24) is 10.6 Å². The van der Waals surface area contributed by atoms with Crippen molar-refractivity contribution in [3.8, 4) is 5.75 Å². The first-order valence-electron chi connectivity index (χ1n) is 8.50. The van der Waals surface area contributed by atoms with Crippen molar-refractivity contribution in [2.24, 2.45) is 0 Å². The number of carbonyl (C=O) groups excluding carboxylic acids is 1. The number of hydrogen-bond acceptors (Lipinski definition) is 3. The van der Waals surface area contributed by atoms with Gasteiger partial charge in [-0.3, -0.25) is 4.79 Å². The van der Waals surface area contributed by atoms with Crippen LogP contribution in [0.5, 0.6) is 5.75 Å². The summed E-state index contributed by atoms with van der Waals surface area (Å²) in [6.45, 7) is 2.81. The Morgan fingerprint density at radius 3 is 2.55 bits per heavy atom. The summed E-state index contributed by atoms with van der Waals surface area (Å²) in [5.41, 5.74) is 1.16. The maximum Gasteiger partial charge on any atom is 0.237 e. The van der Waals surface area contributed by atoms with Gasteiger partial charge in [0.25, 0.3) is 0 Å². The molecule has 3 N–H and O–H groups in total. The summed E-state index contributed by atoms with van der Waals surface area (Å²) in [4.78, 5) is 12.3. The molecule has 1 atom stereocenters. The van der Waals surface area contributed by atoms with Crippen molar-refractivity contribution in [3.63, 3.8) is 0 Å². The summed E-state index contributed by atoms with van der Waals surface area (Å²) in [5.74, 6) is 0.426. The molecule has 0 aromatic heterocycles. The first kappa shape index (κ1) is 16.8. The van der Waals surface area contributed by atoms with E-state index in [9.17, 15) is 9.90 Å². The van der Waals surface area contributed by atoms with Gasteiger partial charge in [0.2, 0.25) is 5.91 Å². The average molecular weight is 304 g/mol. The minimum atomic E-state index is -0.112. The third-order valence-corrected chi connectivity index (χ3v) is 4.42. The van der Waals surface area contributed by atoms with Gasteiger partial charge < -0.3 is 15.7 Å². The van der Waals surface area contributed by atoms with E-state index in [1.807, 2.05) is 19.1 Å². The van der Waals surface area contributed by atoms with E-state index in [0.29, 0.717) is 6.04 Å².